The molecule has 0 saturated heterocycles. The summed E-state index contributed by atoms with van der Waals surface area (Å²) in [5.74, 6) is 0.0666. The first-order valence-corrected chi connectivity index (χ1v) is 6.38. The quantitative estimate of drug-likeness (QED) is 0.758. The van der Waals surface area contributed by atoms with Gasteiger partial charge in [-0.25, -0.2) is 4.98 Å². The van der Waals surface area contributed by atoms with Crippen molar-refractivity contribution in [2.24, 2.45) is 0 Å². The van der Waals surface area contributed by atoms with Crippen molar-refractivity contribution in [3.8, 4) is 0 Å². The Bertz CT molecular complexity index is 555. The molecule has 20 heavy (non-hydrogen) atoms. The van der Waals surface area contributed by atoms with E-state index in [0.29, 0.717) is 24.3 Å². The summed E-state index contributed by atoms with van der Waals surface area (Å²) in [6, 6.07) is 12.4. The van der Waals surface area contributed by atoms with Gasteiger partial charge in [0.1, 0.15) is 5.82 Å². The Balaban J connectivity index is 1.82. The molecule has 104 valence electrons. The number of hydrogen-bond acceptors (Lipinski definition) is 4. The molecule has 2 rings (SSSR count). The highest BCUT2D eigenvalue weighted by atomic mass is 16.3. The first kappa shape index (κ1) is 14.0. The van der Waals surface area contributed by atoms with Crippen LogP contribution in [-0.4, -0.2) is 22.5 Å². The van der Waals surface area contributed by atoms with Crippen molar-refractivity contribution in [1.82, 2.24) is 10.3 Å². The van der Waals surface area contributed by atoms with Crippen LogP contribution in [0.5, 0.6) is 0 Å². The number of nitrogens with zero attached hydrogens (tertiary/aromatic N) is 1. The number of nitrogen functional groups attached to an aromatic ring is 1. The van der Waals surface area contributed by atoms with E-state index in [1.807, 2.05) is 12.1 Å². The van der Waals surface area contributed by atoms with Gasteiger partial charge in [-0.15, -0.1) is 0 Å². The zero-order valence-electron chi connectivity index (χ0n) is 11.0. The van der Waals surface area contributed by atoms with Gasteiger partial charge in [0.15, 0.2) is 6.10 Å². The second-order valence-electron chi connectivity index (χ2n) is 4.45. The number of nitrogens with two attached hydrogens (primary N) is 1. The van der Waals surface area contributed by atoms with E-state index < -0.39 is 12.0 Å². The summed E-state index contributed by atoms with van der Waals surface area (Å²) in [5.41, 5.74) is 7.06. The van der Waals surface area contributed by atoms with E-state index in [1.165, 1.54) is 0 Å². The molecule has 5 heteroatoms. The summed E-state index contributed by atoms with van der Waals surface area (Å²) in [6.45, 7) is 0.439. The Morgan fingerprint density at radius 2 is 2.00 bits per heavy atom. The van der Waals surface area contributed by atoms with Crippen LogP contribution in [0.4, 0.5) is 5.82 Å². The number of aromatic nitrogens is 1. The maximum Gasteiger partial charge on any atom is 0.253 e. The zero-order chi connectivity index (χ0) is 14.4. The smallest absolute Gasteiger partial charge is 0.253 e. The van der Waals surface area contributed by atoms with Crippen molar-refractivity contribution in [2.75, 3.05) is 12.3 Å². The summed E-state index contributed by atoms with van der Waals surface area (Å²) in [7, 11) is 0. The van der Waals surface area contributed by atoms with E-state index in [1.54, 1.807) is 36.5 Å². The Kier molecular flexibility index (Phi) is 4.68. The van der Waals surface area contributed by atoms with E-state index in [4.69, 9.17) is 5.73 Å². The van der Waals surface area contributed by atoms with Gasteiger partial charge in [-0.2, -0.15) is 0 Å². The van der Waals surface area contributed by atoms with Crippen molar-refractivity contribution in [3.05, 3.63) is 59.8 Å². The predicted molar refractivity (Wildman–Crippen MR) is 76.8 cm³/mol. The van der Waals surface area contributed by atoms with E-state index in [0.717, 1.165) is 5.56 Å². The van der Waals surface area contributed by atoms with Gasteiger partial charge in [-0.3, -0.25) is 4.79 Å². The van der Waals surface area contributed by atoms with Gasteiger partial charge in [0.2, 0.25) is 0 Å². The third-order valence-electron chi connectivity index (χ3n) is 2.92. The van der Waals surface area contributed by atoms with Crippen LogP contribution in [-0.2, 0) is 11.2 Å². The topological polar surface area (TPSA) is 88.2 Å². The van der Waals surface area contributed by atoms with Crippen LogP contribution in [0.2, 0.25) is 0 Å². The van der Waals surface area contributed by atoms with E-state index in [-0.39, 0.29) is 0 Å². The molecule has 1 amide bonds. The molecule has 0 saturated carbocycles. The summed E-state index contributed by atoms with van der Waals surface area (Å²) in [5, 5.41) is 12.6. The lowest BCUT2D eigenvalue weighted by atomic mass is 10.1. The number of pyridine rings is 1. The molecule has 2 aromatic rings. The third-order valence-corrected chi connectivity index (χ3v) is 2.92. The predicted octanol–water partition coefficient (Wildman–Crippen LogP) is 1.06. The average molecular weight is 271 g/mol. The molecule has 0 aliphatic rings. The summed E-state index contributed by atoms with van der Waals surface area (Å²) in [6.07, 6.45) is 1.18. The van der Waals surface area contributed by atoms with E-state index >= 15 is 0 Å². The first-order valence-electron chi connectivity index (χ1n) is 6.38. The molecule has 0 radical (unpaired) electrons. The lowest BCUT2D eigenvalue weighted by molar-refractivity contribution is -0.129. The van der Waals surface area contributed by atoms with Crippen molar-refractivity contribution >= 4 is 11.7 Å². The summed E-state index contributed by atoms with van der Waals surface area (Å²) in [4.78, 5) is 15.8. The maximum atomic E-state index is 11.8. The Hall–Kier alpha value is -2.40. The highest BCUT2D eigenvalue weighted by Crippen LogP contribution is 2.11. The van der Waals surface area contributed by atoms with Crippen LogP contribution >= 0.6 is 0 Å². The Labute approximate surface area is 117 Å². The minimum atomic E-state index is -1.14. The number of anilines is 1. The van der Waals surface area contributed by atoms with E-state index in [9.17, 15) is 9.90 Å². The molecule has 1 atom stereocenters. The number of rotatable bonds is 5. The van der Waals surface area contributed by atoms with Gasteiger partial charge in [0.25, 0.3) is 5.91 Å². The van der Waals surface area contributed by atoms with Crippen LogP contribution in [0.3, 0.4) is 0 Å². The average Bonchev–Trinajstić information content (AvgIpc) is 2.49. The van der Waals surface area contributed by atoms with Gasteiger partial charge in [0.05, 0.1) is 0 Å². The maximum absolute atomic E-state index is 11.8. The molecular formula is C15H17N3O2. The fourth-order valence-electron chi connectivity index (χ4n) is 1.80. The fourth-order valence-corrected chi connectivity index (χ4v) is 1.80. The summed E-state index contributed by atoms with van der Waals surface area (Å²) >= 11 is 0. The molecule has 0 spiro atoms. The molecule has 0 bridgehead atoms. The number of hydrogen-bond donors (Lipinski definition) is 3. The Morgan fingerprint density at radius 1 is 1.25 bits per heavy atom. The molecule has 5 nitrogen and oxygen atoms in total. The number of aliphatic hydroxyl groups excluding tert-OH is 1. The van der Waals surface area contributed by atoms with Gasteiger partial charge in [0, 0.05) is 12.7 Å². The highest BCUT2D eigenvalue weighted by molar-refractivity contribution is 5.81. The van der Waals surface area contributed by atoms with Crippen molar-refractivity contribution in [3.63, 3.8) is 0 Å². The molecule has 1 heterocycles. The normalized spacial score (nSPS) is 11.8. The van der Waals surface area contributed by atoms with Gasteiger partial charge < -0.3 is 16.2 Å². The van der Waals surface area contributed by atoms with Crippen LogP contribution in [0.15, 0.2) is 48.7 Å². The molecule has 0 aliphatic carbocycles. The van der Waals surface area contributed by atoms with Crippen molar-refractivity contribution < 1.29 is 9.90 Å². The van der Waals surface area contributed by atoms with Crippen LogP contribution in [0, 0.1) is 0 Å². The molecule has 1 aromatic carbocycles. The lowest BCUT2D eigenvalue weighted by Gasteiger charge is -2.11. The number of aliphatic hydroxyl groups is 1. The number of carbonyl (C=O) groups is 1. The minimum absolute atomic E-state index is 0.403. The number of amides is 1. The van der Waals surface area contributed by atoms with Gasteiger partial charge >= 0.3 is 0 Å². The highest BCUT2D eigenvalue weighted by Gasteiger charge is 2.15. The fraction of sp³-hybridized carbons (Fsp3) is 0.200. The van der Waals surface area contributed by atoms with Crippen molar-refractivity contribution in [1.29, 1.82) is 0 Å². The zero-order valence-corrected chi connectivity index (χ0v) is 11.0. The molecule has 0 unspecified atom stereocenters. The van der Waals surface area contributed by atoms with Crippen molar-refractivity contribution in [2.45, 2.75) is 12.5 Å². The van der Waals surface area contributed by atoms with Crippen LogP contribution in [0.1, 0.15) is 17.2 Å². The monoisotopic (exact) mass is 271 g/mol. The Morgan fingerprint density at radius 3 is 2.65 bits per heavy atom. The minimum Gasteiger partial charge on any atom is -0.384 e. The molecule has 4 N–H and O–H groups in total. The van der Waals surface area contributed by atoms with Crippen LogP contribution < -0.4 is 11.1 Å². The summed E-state index contributed by atoms with van der Waals surface area (Å²) < 4.78 is 0. The SMILES string of the molecule is Nc1ccc(CCNC(=O)[C@H](O)c2ccccc2)cn1. The first-order chi connectivity index (χ1) is 9.66. The molecular weight excluding hydrogens is 254 g/mol. The molecule has 0 aliphatic heterocycles. The van der Waals surface area contributed by atoms with Gasteiger partial charge in [-0.05, 0) is 23.6 Å². The standard InChI is InChI=1S/C15H17N3O2/c16-13-7-6-11(10-18-13)8-9-17-15(20)14(19)12-4-2-1-3-5-12/h1-7,10,14,19H,8-9H2,(H2,16,18)(H,17,20)/t14-/m1/s1. The third kappa shape index (κ3) is 3.80. The second kappa shape index (κ2) is 6.68. The second-order valence-corrected chi connectivity index (χ2v) is 4.45. The van der Waals surface area contributed by atoms with Gasteiger partial charge in [-0.1, -0.05) is 36.4 Å². The molecule has 0 fully saturated rings. The van der Waals surface area contributed by atoms with E-state index in [2.05, 4.69) is 10.3 Å². The lowest BCUT2D eigenvalue weighted by Crippen LogP contribution is -2.30. The number of nitrogens with one attached hydrogen (secondary N) is 1. The van der Waals surface area contributed by atoms with Crippen LogP contribution in [0.25, 0.3) is 0 Å². The number of benzene rings is 1. The molecule has 1 aromatic heterocycles. The largest absolute Gasteiger partial charge is 0.384 e. The number of carbonyl (C=O) groups excluding carboxylic acids is 1.